The van der Waals surface area contributed by atoms with E-state index in [0.29, 0.717) is 27.1 Å². The van der Waals surface area contributed by atoms with Crippen molar-refractivity contribution in [2.75, 3.05) is 0 Å². The highest BCUT2D eigenvalue weighted by Crippen LogP contribution is 2.28. The number of hydrogen-bond donors (Lipinski definition) is 0. The van der Waals surface area contributed by atoms with E-state index in [1.165, 1.54) is 11.8 Å². The van der Waals surface area contributed by atoms with Crippen molar-refractivity contribution in [3.8, 4) is 5.69 Å². The third kappa shape index (κ3) is 3.07. The van der Waals surface area contributed by atoms with Crippen molar-refractivity contribution >= 4 is 40.0 Å². The molecule has 0 saturated heterocycles. The Morgan fingerprint density at radius 3 is 2.67 bits per heavy atom. The van der Waals surface area contributed by atoms with Gasteiger partial charge in [-0.3, -0.25) is 14.2 Å². The van der Waals surface area contributed by atoms with Crippen molar-refractivity contribution in [1.29, 1.82) is 0 Å². The largest absolute Gasteiger partial charge is 0.268 e. The fraction of sp³-hybridized carbons (Fsp3) is 0.0909. The Hall–Kier alpha value is -3.16. The predicted molar refractivity (Wildman–Crippen MR) is 120 cm³/mol. The van der Waals surface area contributed by atoms with Crippen LogP contribution >= 0.6 is 23.4 Å². The second kappa shape index (κ2) is 7.59. The fourth-order valence-electron chi connectivity index (χ4n) is 3.47. The second-order valence-electron chi connectivity index (χ2n) is 6.82. The van der Waals surface area contributed by atoms with E-state index in [1.54, 1.807) is 17.0 Å². The molecule has 0 spiro atoms. The number of aromatic nitrogens is 5. The first kappa shape index (κ1) is 18.8. The van der Waals surface area contributed by atoms with Gasteiger partial charge in [0.25, 0.3) is 5.56 Å². The lowest BCUT2D eigenvalue weighted by atomic mass is 10.2. The summed E-state index contributed by atoms with van der Waals surface area (Å²) in [5, 5.41) is 10.7. The van der Waals surface area contributed by atoms with Gasteiger partial charge in [0.15, 0.2) is 5.16 Å². The highest BCUT2D eigenvalue weighted by molar-refractivity contribution is 7.98. The molecule has 30 heavy (non-hydrogen) atoms. The molecule has 0 radical (unpaired) electrons. The summed E-state index contributed by atoms with van der Waals surface area (Å²) < 4.78 is 3.57. The number of para-hydroxylation sites is 2. The number of rotatable bonds is 4. The number of aryl methyl sites for hydroxylation is 1. The first-order valence-corrected chi connectivity index (χ1v) is 10.7. The summed E-state index contributed by atoms with van der Waals surface area (Å²) in [6, 6.07) is 17.2. The molecule has 0 atom stereocenters. The lowest BCUT2D eigenvalue weighted by Crippen LogP contribution is -2.22. The molecular weight excluding hydrogens is 418 g/mol. The second-order valence-corrected chi connectivity index (χ2v) is 8.17. The van der Waals surface area contributed by atoms with E-state index in [4.69, 9.17) is 11.6 Å². The van der Waals surface area contributed by atoms with Gasteiger partial charge in [-0.1, -0.05) is 53.7 Å². The quantitative estimate of drug-likeness (QED) is 0.385. The number of thioether (sulfide) groups is 1. The molecule has 148 valence electrons. The predicted octanol–water partition coefficient (Wildman–Crippen LogP) is 4.68. The van der Waals surface area contributed by atoms with E-state index < -0.39 is 0 Å². The number of nitrogens with zero attached hydrogens (tertiary/aromatic N) is 5. The standard InChI is InChI=1S/C22H16ClN5OS/c1-14-6-2-4-8-18(14)27-20(29)16-7-3-5-9-19(16)28-21(27)25-26-22(28)30-13-15-10-11-24-12-17(15)23/h2-12H,13H2,1H3. The Bertz CT molecular complexity index is 1460. The van der Waals surface area contributed by atoms with E-state index in [-0.39, 0.29) is 5.56 Å². The normalized spacial score (nSPS) is 11.4. The van der Waals surface area contributed by atoms with Gasteiger partial charge >= 0.3 is 0 Å². The summed E-state index contributed by atoms with van der Waals surface area (Å²) in [6.45, 7) is 1.98. The Kier molecular flexibility index (Phi) is 4.77. The topological polar surface area (TPSA) is 65.1 Å². The van der Waals surface area contributed by atoms with Crippen molar-refractivity contribution in [3.63, 3.8) is 0 Å². The molecule has 0 bridgehead atoms. The lowest BCUT2D eigenvalue weighted by Gasteiger charge is -2.13. The summed E-state index contributed by atoms with van der Waals surface area (Å²) in [5.41, 5.74) is 3.39. The first-order valence-electron chi connectivity index (χ1n) is 9.31. The van der Waals surface area contributed by atoms with Gasteiger partial charge < -0.3 is 0 Å². The average Bonchev–Trinajstić information content (AvgIpc) is 3.18. The van der Waals surface area contributed by atoms with Crippen LogP contribution in [0.2, 0.25) is 5.02 Å². The molecule has 0 unspecified atom stereocenters. The van der Waals surface area contributed by atoms with Gasteiger partial charge in [-0.15, -0.1) is 10.2 Å². The highest BCUT2D eigenvalue weighted by atomic mass is 35.5. The number of benzene rings is 2. The highest BCUT2D eigenvalue weighted by Gasteiger charge is 2.18. The van der Waals surface area contributed by atoms with Crippen LogP contribution in [0.4, 0.5) is 0 Å². The monoisotopic (exact) mass is 433 g/mol. The van der Waals surface area contributed by atoms with Crippen LogP contribution in [-0.2, 0) is 5.75 Å². The zero-order chi connectivity index (χ0) is 20.7. The molecular formula is C22H16ClN5OS. The van der Waals surface area contributed by atoms with Crippen molar-refractivity contribution in [2.24, 2.45) is 0 Å². The third-order valence-corrected chi connectivity index (χ3v) is 6.28. The molecule has 5 aromatic rings. The molecule has 0 N–H and O–H groups in total. The van der Waals surface area contributed by atoms with E-state index in [1.807, 2.05) is 65.9 Å². The summed E-state index contributed by atoms with van der Waals surface area (Å²) in [7, 11) is 0. The molecule has 0 amide bonds. The van der Waals surface area contributed by atoms with Gasteiger partial charge in [0.1, 0.15) is 0 Å². The summed E-state index contributed by atoms with van der Waals surface area (Å²) >= 11 is 7.77. The zero-order valence-electron chi connectivity index (χ0n) is 16.0. The van der Waals surface area contributed by atoms with Crippen LogP contribution in [0.1, 0.15) is 11.1 Å². The zero-order valence-corrected chi connectivity index (χ0v) is 17.6. The summed E-state index contributed by atoms with van der Waals surface area (Å²) in [4.78, 5) is 17.4. The maximum absolute atomic E-state index is 13.4. The van der Waals surface area contributed by atoms with E-state index in [0.717, 1.165) is 22.3 Å². The molecule has 3 heterocycles. The molecule has 0 fully saturated rings. The average molecular weight is 434 g/mol. The van der Waals surface area contributed by atoms with Crippen LogP contribution in [-0.4, -0.2) is 24.1 Å². The minimum Gasteiger partial charge on any atom is -0.268 e. The lowest BCUT2D eigenvalue weighted by molar-refractivity contribution is 0.928. The molecule has 8 heteroatoms. The minimum absolute atomic E-state index is 0.117. The summed E-state index contributed by atoms with van der Waals surface area (Å²) in [5.74, 6) is 1.09. The van der Waals surface area contributed by atoms with Crippen molar-refractivity contribution < 1.29 is 0 Å². The van der Waals surface area contributed by atoms with E-state index in [9.17, 15) is 4.79 Å². The van der Waals surface area contributed by atoms with E-state index in [2.05, 4.69) is 15.2 Å². The Morgan fingerprint density at radius 1 is 1.03 bits per heavy atom. The molecule has 0 aliphatic carbocycles. The van der Waals surface area contributed by atoms with Gasteiger partial charge in [-0.2, -0.15) is 0 Å². The van der Waals surface area contributed by atoms with Crippen LogP contribution in [0.15, 0.2) is 76.9 Å². The SMILES string of the molecule is Cc1ccccc1-n1c(=O)c2ccccc2n2c(SCc3ccncc3Cl)nnc12. The Morgan fingerprint density at radius 2 is 1.83 bits per heavy atom. The van der Waals surface area contributed by atoms with Gasteiger partial charge in [0.05, 0.1) is 21.6 Å². The molecule has 0 aliphatic heterocycles. The number of fused-ring (bicyclic) bond motifs is 3. The van der Waals surface area contributed by atoms with Crippen LogP contribution in [0.25, 0.3) is 22.4 Å². The molecule has 6 nitrogen and oxygen atoms in total. The Balaban J connectivity index is 1.75. The fourth-order valence-corrected chi connectivity index (χ4v) is 4.68. The van der Waals surface area contributed by atoms with Crippen LogP contribution < -0.4 is 5.56 Å². The smallest absolute Gasteiger partial charge is 0.267 e. The van der Waals surface area contributed by atoms with Crippen molar-refractivity contribution in [1.82, 2.24) is 24.1 Å². The number of pyridine rings is 1. The maximum Gasteiger partial charge on any atom is 0.267 e. The van der Waals surface area contributed by atoms with Crippen LogP contribution in [0.5, 0.6) is 0 Å². The maximum atomic E-state index is 13.4. The number of halogens is 1. The van der Waals surface area contributed by atoms with Crippen molar-refractivity contribution in [2.45, 2.75) is 17.8 Å². The molecule has 0 aliphatic rings. The van der Waals surface area contributed by atoms with Crippen LogP contribution in [0.3, 0.4) is 0 Å². The first-order chi connectivity index (χ1) is 14.6. The summed E-state index contributed by atoms with van der Waals surface area (Å²) in [6.07, 6.45) is 3.35. The molecule has 3 aromatic heterocycles. The van der Waals surface area contributed by atoms with Gasteiger partial charge in [-0.25, -0.2) is 4.57 Å². The molecule has 2 aromatic carbocycles. The molecule has 0 saturated carbocycles. The van der Waals surface area contributed by atoms with Gasteiger partial charge in [0.2, 0.25) is 5.78 Å². The van der Waals surface area contributed by atoms with E-state index >= 15 is 0 Å². The Labute approximate surface area is 181 Å². The van der Waals surface area contributed by atoms with Gasteiger partial charge in [-0.05, 0) is 42.3 Å². The molecule has 5 rings (SSSR count). The van der Waals surface area contributed by atoms with Crippen molar-refractivity contribution in [3.05, 3.63) is 93.5 Å². The van der Waals surface area contributed by atoms with Crippen LogP contribution in [0, 0.1) is 6.92 Å². The number of hydrogen-bond acceptors (Lipinski definition) is 5. The van der Waals surface area contributed by atoms with Gasteiger partial charge in [0, 0.05) is 18.1 Å². The third-order valence-electron chi connectivity index (χ3n) is 4.96. The minimum atomic E-state index is -0.117.